The highest BCUT2D eigenvalue weighted by molar-refractivity contribution is 7.99. The molecule has 162 valence electrons. The summed E-state index contributed by atoms with van der Waals surface area (Å²) < 4.78 is 0. The summed E-state index contributed by atoms with van der Waals surface area (Å²) in [6, 6.07) is 18.2. The lowest BCUT2D eigenvalue weighted by Gasteiger charge is -2.31. The maximum Gasteiger partial charge on any atom is 0.233 e. The predicted molar refractivity (Wildman–Crippen MR) is 128 cm³/mol. The van der Waals surface area contributed by atoms with Crippen LogP contribution in [-0.4, -0.2) is 49.6 Å². The van der Waals surface area contributed by atoms with E-state index < -0.39 is 0 Å². The Morgan fingerprint density at radius 2 is 1.91 bits per heavy atom. The topological polar surface area (TPSA) is 74.8 Å². The molecule has 4 aromatic rings. The molecule has 0 spiro atoms. The number of carbonyl (C=O) groups is 1. The number of carbonyl (C=O) groups excluding carboxylic acids is 1. The molecule has 6 nitrogen and oxygen atoms in total. The van der Waals surface area contributed by atoms with Crippen molar-refractivity contribution in [2.24, 2.45) is 0 Å². The fourth-order valence-corrected chi connectivity index (χ4v) is 4.93. The Hall–Kier alpha value is -3.19. The summed E-state index contributed by atoms with van der Waals surface area (Å²) in [5.41, 5.74) is 5.24. The number of thioether (sulfide) groups is 1. The Bertz CT molecular complexity index is 1230. The Morgan fingerprint density at radius 1 is 1.09 bits per heavy atom. The monoisotopic (exact) mass is 443 g/mol. The lowest BCUT2D eigenvalue weighted by atomic mass is 9.93. The molecule has 1 saturated heterocycles. The van der Waals surface area contributed by atoms with Gasteiger partial charge in [-0.1, -0.05) is 48.2 Å². The van der Waals surface area contributed by atoms with E-state index in [9.17, 15) is 4.79 Å². The summed E-state index contributed by atoms with van der Waals surface area (Å²) in [6.07, 6.45) is 3.69. The molecule has 0 radical (unpaired) electrons. The summed E-state index contributed by atoms with van der Waals surface area (Å²) in [5, 5.41) is 0.795. The van der Waals surface area contributed by atoms with Gasteiger partial charge in [0.15, 0.2) is 11.0 Å². The van der Waals surface area contributed by atoms with E-state index in [4.69, 9.17) is 4.98 Å². The molecular weight excluding hydrogens is 418 g/mol. The van der Waals surface area contributed by atoms with Gasteiger partial charge in [0.2, 0.25) is 5.91 Å². The van der Waals surface area contributed by atoms with Gasteiger partial charge in [-0.25, -0.2) is 15.0 Å². The van der Waals surface area contributed by atoms with Gasteiger partial charge in [-0.05, 0) is 43.5 Å². The Labute approximate surface area is 191 Å². The van der Waals surface area contributed by atoms with Crippen molar-refractivity contribution < 1.29 is 4.79 Å². The number of likely N-dealkylation sites (tertiary alicyclic amines) is 1. The molecule has 1 N–H and O–H groups in total. The normalized spacial score (nSPS) is 14.7. The molecule has 32 heavy (non-hydrogen) atoms. The van der Waals surface area contributed by atoms with Crippen LogP contribution >= 0.6 is 11.8 Å². The molecule has 1 aliphatic heterocycles. The minimum atomic E-state index is 0.165. The number of hydrogen-bond donors (Lipinski definition) is 1. The van der Waals surface area contributed by atoms with Crippen molar-refractivity contribution in [2.75, 3.05) is 18.8 Å². The number of aryl methyl sites for hydroxylation is 1. The smallest absolute Gasteiger partial charge is 0.233 e. The maximum atomic E-state index is 12.8. The van der Waals surface area contributed by atoms with Gasteiger partial charge in [0.1, 0.15) is 0 Å². The summed E-state index contributed by atoms with van der Waals surface area (Å²) in [6.45, 7) is 3.58. The summed E-state index contributed by atoms with van der Waals surface area (Å²) in [7, 11) is 0. The number of nitrogens with zero attached hydrogens (tertiary/aromatic N) is 4. The first-order valence-electron chi connectivity index (χ1n) is 10.9. The molecule has 1 amide bonds. The van der Waals surface area contributed by atoms with Gasteiger partial charge in [-0.3, -0.25) is 4.79 Å². The Morgan fingerprint density at radius 3 is 2.72 bits per heavy atom. The number of rotatable bonds is 5. The molecule has 5 rings (SSSR count). The first-order valence-corrected chi connectivity index (χ1v) is 11.9. The summed E-state index contributed by atoms with van der Waals surface area (Å²) >= 11 is 1.47. The van der Waals surface area contributed by atoms with E-state index >= 15 is 0 Å². The molecule has 2 aromatic heterocycles. The highest BCUT2D eigenvalue weighted by Gasteiger charge is 2.25. The quantitative estimate of drug-likeness (QED) is 0.447. The van der Waals surface area contributed by atoms with Gasteiger partial charge in [0, 0.05) is 36.5 Å². The van der Waals surface area contributed by atoms with Crippen LogP contribution in [0.5, 0.6) is 0 Å². The minimum absolute atomic E-state index is 0.165. The van der Waals surface area contributed by atoms with Gasteiger partial charge in [-0.15, -0.1) is 0 Å². The molecule has 0 aliphatic carbocycles. The highest BCUT2D eigenvalue weighted by Crippen LogP contribution is 2.28. The lowest BCUT2D eigenvalue weighted by Crippen LogP contribution is -2.39. The molecule has 7 heteroatoms. The molecule has 0 unspecified atom stereocenters. The SMILES string of the molecule is Cc1ccc2nc(SCC(=O)N3CCC(c4ccnc(-c5ccccc5)n4)CC3)[nH]c2c1. The van der Waals surface area contributed by atoms with Crippen LogP contribution in [0.15, 0.2) is 66.0 Å². The van der Waals surface area contributed by atoms with Crippen LogP contribution in [0.2, 0.25) is 0 Å². The second kappa shape index (κ2) is 9.12. The average molecular weight is 444 g/mol. The molecule has 0 bridgehead atoms. The second-order valence-electron chi connectivity index (χ2n) is 8.18. The number of benzene rings is 2. The van der Waals surface area contributed by atoms with E-state index in [2.05, 4.69) is 27.9 Å². The van der Waals surface area contributed by atoms with Gasteiger partial charge in [0.05, 0.1) is 16.8 Å². The zero-order valence-corrected chi connectivity index (χ0v) is 18.8. The highest BCUT2D eigenvalue weighted by atomic mass is 32.2. The fourth-order valence-electron chi connectivity index (χ4n) is 4.14. The summed E-state index contributed by atoms with van der Waals surface area (Å²) in [4.78, 5) is 31.9. The zero-order valence-electron chi connectivity index (χ0n) is 18.0. The van der Waals surface area contributed by atoms with Crippen molar-refractivity contribution in [1.82, 2.24) is 24.8 Å². The molecule has 0 saturated carbocycles. The Kier molecular flexibility index (Phi) is 5.90. The van der Waals surface area contributed by atoms with Crippen LogP contribution in [-0.2, 0) is 4.79 Å². The van der Waals surface area contributed by atoms with Crippen molar-refractivity contribution in [3.8, 4) is 11.4 Å². The minimum Gasteiger partial charge on any atom is -0.342 e. The molecule has 3 heterocycles. The zero-order chi connectivity index (χ0) is 21.9. The fraction of sp³-hybridized carbons (Fsp3) is 0.280. The van der Waals surface area contributed by atoms with E-state index in [1.54, 1.807) is 0 Å². The third-order valence-electron chi connectivity index (χ3n) is 5.92. The van der Waals surface area contributed by atoms with Gasteiger partial charge >= 0.3 is 0 Å². The predicted octanol–water partition coefficient (Wildman–Crippen LogP) is 4.83. The number of amides is 1. The van der Waals surface area contributed by atoms with Crippen molar-refractivity contribution in [3.05, 3.63) is 72.1 Å². The van der Waals surface area contributed by atoms with Crippen molar-refractivity contribution >= 4 is 28.7 Å². The van der Waals surface area contributed by atoms with Gasteiger partial charge in [-0.2, -0.15) is 0 Å². The lowest BCUT2D eigenvalue weighted by molar-refractivity contribution is -0.129. The van der Waals surface area contributed by atoms with Crippen LogP contribution in [0.1, 0.15) is 30.0 Å². The van der Waals surface area contributed by atoms with E-state index in [1.807, 2.05) is 59.6 Å². The van der Waals surface area contributed by atoms with Crippen LogP contribution in [0.4, 0.5) is 0 Å². The number of piperidine rings is 1. The van der Waals surface area contributed by atoms with E-state index in [0.717, 1.165) is 59.2 Å². The third kappa shape index (κ3) is 4.53. The molecule has 0 atom stereocenters. The first kappa shape index (κ1) is 20.7. The number of aromatic amines is 1. The van der Waals surface area contributed by atoms with E-state index in [-0.39, 0.29) is 5.91 Å². The molecule has 1 fully saturated rings. The van der Waals surface area contributed by atoms with Gasteiger partial charge < -0.3 is 9.88 Å². The molecule has 1 aliphatic rings. The number of aromatic nitrogens is 4. The number of nitrogens with one attached hydrogen (secondary N) is 1. The molecule has 2 aromatic carbocycles. The average Bonchev–Trinajstić information content (AvgIpc) is 3.25. The van der Waals surface area contributed by atoms with Crippen LogP contribution < -0.4 is 0 Å². The van der Waals surface area contributed by atoms with Crippen LogP contribution in [0.25, 0.3) is 22.4 Å². The van der Waals surface area contributed by atoms with Crippen LogP contribution in [0, 0.1) is 6.92 Å². The van der Waals surface area contributed by atoms with E-state index in [1.165, 1.54) is 17.3 Å². The van der Waals surface area contributed by atoms with Crippen molar-refractivity contribution in [3.63, 3.8) is 0 Å². The van der Waals surface area contributed by atoms with Crippen molar-refractivity contribution in [1.29, 1.82) is 0 Å². The van der Waals surface area contributed by atoms with E-state index in [0.29, 0.717) is 11.7 Å². The number of fused-ring (bicyclic) bond motifs is 1. The largest absolute Gasteiger partial charge is 0.342 e. The molecular formula is C25H25N5OS. The summed E-state index contributed by atoms with van der Waals surface area (Å²) in [5.74, 6) is 1.68. The second-order valence-corrected chi connectivity index (χ2v) is 9.14. The Balaban J connectivity index is 1.17. The van der Waals surface area contributed by atoms with Crippen molar-refractivity contribution in [2.45, 2.75) is 30.8 Å². The number of H-pyrrole nitrogens is 1. The third-order valence-corrected chi connectivity index (χ3v) is 6.78. The number of imidazole rings is 1. The standard InChI is InChI=1S/C25H25N5OS/c1-17-7-8-21-22(15-17)29-25(28-21)32-16-23(31)30-13-10-18(11-14-30)20-9-12-26-24(27-20)19-5-3-2-4-6-19/h2-9,12,15,18H,10-11,13-14,16H2,1H3,(H,28,29). The van der Waals surface area contributed by atoms with Gasteiger partial charge in [0.25, 0.3) is 0 Å². The van der Waals surface area contributed by atoms with Crippen LogP contribution in [0.3, 0.4) is 0 Å². The first-order chi connectivity index (χ1) is 15.7. The number of hydrogen-bond acceptors (Lipinski definition) is 5. The maximum absolute atomic E-state index is 12.8.